The highest BCUT2D eigenvalue weighted by Crippen LogP contribution is 2.11. The molecule has 0 spiro atoms. The van der Waals surface area contributed by atoms with E-state index in [1.54, 1.807) is 18.4 Å². The maximum atomic E-state index is 9.94. The molecule has 1 aromatic rings. The monoisotopic (exact) mass is 121 g/mol. The number of hydrogen-bond donors (Lipinski definition) is 1. The van der Waals surface area contributed by atoms with Crippen LogP contribution in [0.2, 0.25) is 0 Å². The number of para-hydroxylation sites is 1. The predicted octanol–water partition coefficient (Wildman–Crippen LogP) is 0.850. The lowest BCUT2D eigenvalue weighted by atomic mass is 10.2. The van der Waals surface area contributed by atoms with E-state index >= 15 is 0 Å². The van der Waals surface area contributed by atoms with Crippen LogP contribution in [-0.2, 0) is 4.79 Å². The van der Waals surface area contributed by atoms with Crippen LogP contribution in [0.3, 0.4) is 0 Å². The molecule has 0 aliphatic carbocycles. The molecule has 0 amide bonds. The van der Waals surface area contributed by atoms with E-state index in [1.807, 2.05) is 0 Å². The highest BCUT2D eigenvalue weighted by atomic mass is 16.3. The lowest BCUT2D eigenvalue weighted by Crippen LogP contribution is -1.77. The number of hydrogen-bond acceptors (Lipinski definition) is 2. The summed E-state index contributed by atoms with van der Waals surface area (Å²) in [5, 5.41) is 8.85. The van der Waals surface area contributed by atoms with Crippen molar-refractivity contribution in [3.63, 3.8) is 0 Å². The zero-order chi connectivity index (χ0) is 6.69. The molecule has 0 atom stereocenters. The van der Waals surface area contributed by atoms with E-state index in [1.165, 1.54) is 12.1 Å². The van der Waals surface area contributed by atoms with Gasteiger partial charge in [0.25, 0.3) is 0 Å². The summed E-state index contributed by atoms with van der Waals surface area (Å²) >= 11 is 0. The molecule has 9 heavy (non-hydrogen) atoms. The average Bonchev–Trinajstić information content (AvgIpc) is 1.89. The number of carbonyl (C=O) groups excluding carboxylic acids is 1. The zero-order valence-electron chi connectivity index (χ0n) is 4.66. The van der Waals surface area contributed by atoms with Crippen LogP contribution >= 0.6 is 0 Å². The fraction of sp³-hybridized carbons (Fsp3) is 0. The largest absolute Gasteiger partial charge is 0.507 e. The predicted molar refractivity (Wildman–Crippen MR) is 32.9 cm³/mol. The number of phenols is 1. The van der Waals surface area contributed by atoms with Gasteiger partial charge < -0.3 is 5.11 Å². The maximum absolute atomic E-state index is 9.94. The number of aromatic hydroxyl groups is 1. The molecule has 0 aliphatic heterocycles. The van der Waals surface area contributed by atoms with Crippen molar-refractivity contribution >= 4 is 6.29 Å². The standard InChI is InChI=1S/C7H5O2/c8-5-6-3-1-2-4-7(6)9/h1-4,9H. The van der Waals surface area contributed by atoms with Crippen molar-refractivity contribution in [1.29, 1.82) is 0 Å². The van der Waals surface area contributed by atoms with E-state index in [0.29, 0.717) is 0 Å². The normalized spacial score (nSPS) is 8.89. The molecule has 0 saturated heterocycles. The molecule has 2 nitrogen and oxygen atoms in total. The minimum absolute atomic E-state index is 0.0208. The Kier molecular flexibility index (Phi) is 1.49. The molecule has 45 valence electrons. The Morgan fingerprint density at radius 1 is 1.33 bits per heavy atom. The van der Waals surface area contributed by atoms with Crippen LogP contribution in [0.15, 0.2) is 24.3 Å². The lowest BCUT2D eigenvalue weighted by molar-refractivity contribution is 0.472. The van der Waals surface area contributed by atoms with Crippen molar-refractivity contribution in [2.24, 2.45) is 0 Å². The quantitative estimate of drug-likeness (QED) is 0.598. The third-order valence-corrected chi connectivity index (χ3v) is 1.01. The second kappa shape index (κ2) is 2.31. The smallest absolute Gasteiger partial charge is 0.237 e. The fourth-order valence-corrected chi connectivity index (χ4v) is 0.560. The van der Waals surface area contributed by atoms with Gasteiger partial charge in [0, 0.05) is 0 Å². The van der Waals surface area contributed by atoms with Crippen molar-refractivity contribution in [2.45, 2.75) is 0 Å². The van der Waals surface area contributed by atoms with Gasteiger partial charge in [0.05, 0.1) is 5.56 Å². The van der Waals surface area contributed by atoms with Gasteiger partial charge in [0.15, 0.2) is 0 Å². The second-order valence-electron chi connectivity index (χ2n) is 1.62. The van der Waals surface area contributed by atoms with E-state index in [4.69, 9.17) is 5.11 Å². The molecule has 0 saturated carbocycles. The summed E-state index contributed by atoms with van der Waals surface area (Å²) < 4.78 is 0. The van der Waals surface area contributed by atoms with Gasteiger partial charge >= 0.3 is 0 Å². The van der Waals surface area contributed by atoms with Crippen molar-refractivity contribution in [3.8, 4) is 5.75 Å². The highest BCUT2D eigenvalue weighted by Gasteiger charge is 1.94. The molecule has 1 N–H and O–H groups in total. The van der Waals surface area contributed by atoms with Crippen LogP contribution in [0.25, 0.3) is 0 Å². The molecule has 0 heterocycles. The summed E-state index contributed by atoms with van der Waals surface area (Å²) in [6, 6.07) is 6.26. The number of benzene rings is 1. The van der Waals surface area contributed by atoms with Gasteiger partial charge in [0.1, 0.15) is 5.75 Å². The molecule has 0 unspecified atom stereocenters. The van der Waals surface area contributed by atoms with Crippen molar-refractivity contribution in [2.75, 3.05) is 0 Å². The maximum Gasteiger partial charge on any atom is 0.237 e. The highest BCUT2D eigenvalue weighted by molar-refractivity contribution is 5.79. The number of rotatable bonds is 1. The molecule has 0 aromatic heterocycles. The molecule has 0 aliphatic rings. The van der Waals surface area contributed by atoms with Crippen LogP contribution in [0.1, 0.15) is 5.56 Å². The van der Waals surface area contributed by atoms with Crippen molar-refractivity contribution in [1.82, 2.24) is 0 Å². The topological polar surface area (TPSA) is 37.3 Å². The van der Waals surface area contributed by atoms with E-state index in [9.17, 15) is 4.79 Å². The molecule has 0 fully saturated rings. The molecule has 1 rings (SSSR count). The van der Waals surface area contributed by atoms with E-state index in [0.717, 1.165) is 0 Å². The summed E-state index contributed by atoms with van der Waals surface area (Å²) in [6.07, 6.45) is 1.60. The van der Waals surface area contributed by atoms with Gasteiger partial charge in [-0.1, -0.05) is 12.1 Å². The third-order valence-electron chi connectivity index (χ3n) is 1.01. The Hall–Kier alpha value is -1.31. The Morgan fingerprint density at radius 2 is 2.00 bits per heavy atom. The summed E-state index contributed by atoms with van der Waals surface area (Å²) in [5.41, 5.74) is 0.206. The van der Waals surface area contributed by atoms with Crippen LogP contribution in [0.4, 0.5) is 0 Å². The second-order valence-corrected chi connectivity index (χ2v) is 1.62. The minimum Gasteiger partial charge on any atom is -0.507 e. The number of phenolic OH excluding ortho intramolecular Hbond substituents is 1. The minimum atomic E-state index is -0.0208. The first-order valence-electron chi connectivity index (χ1n) is 2.51. The van der Waals surface area contributed by atoms with Gasteiger partial charge in [-0.05, 0) is 12.1 Å². The molecule has 0 bridgehead atoms. The van der Waals surface area contributed by atoms with Gasteiger partial charge in [-0.3, -0.25) is 4.79 Å². The third kappa shape index (κ3) is 1.08. The molecule has 1 aromatic carbocycles. The van der Waals surface area contributed by atoms with Gasteiger partial charge in [-0.2, -0.15) is 0 Å². The van der Waals surface area contributed by atoms with Crippen LogP contribution < -0.4 is 0 Å². The van der Waals surface area contributed by atoms with Crippen molar-refractivity contribution in [3.05, 3.63) is 29.8 Å². The SMILES string of the molecule is O=[C]c1ccccc1O. The summed E-state index contributed by atoms with van der Waals surface area (Å²) in [5.74, 6) is -0.0208. The average molecular weight is 121 g/mol. The van der Waals surface area contributed by atoms with Crippen molar-refractivity contribution < 1.29 is 9.90 Å². The first-order chi connectivity index (χ1) is 4.34. The van der Waals surface area contributed by atoms with Gasteiger partial charge in [-0.25, -0.2) is 0 Å². The summed E-state index contributed by atoms with van der Waals surface area (Å²) in [6.45, 7) is 0. The first kappa shape index (κ1) is 5.82. The fourth-order valence-electron chi connectivity index (χ4n) is 0.560. The first-order valence-corrected chi connectivity index (χ1v) is 2.51. The van der Waals surface area contributed by atoms with E-state index in [2.05, 4.69) is 0 Å². The Balaban J connectivity index is 3.15. The molecule has 1 radical (unpaired) electrons. The molecular weight excluding hydrogens is 116 g/mol. The summed E-state index contributed by atoms with van der Waals surface area (Å²) in [4.78, 5) is 9.94. The Labute approximate surface area is 52.8 Å². The van der Waals surface area contributed by atoms with E-state index in [-0.39, 0.29) is 11.3 Å². The summed E-state index contributed by atoms with van der Waals surface area (Å²) in [7, 11) is 0. The van der Waals surface area contributed by atoms with E-state index < -0.39 is 0 Å². The van der Waals surface area contributed by atoms with Gasteiger partial charge in [0.2, 0.25) is 6.29 Å². The van der Waals surface area contributed by atoms with Crippen LogP contribution in [0, 0.1) is 0 Å². The van der Waals surface area contributed by atoms with Gasteiger partial charge in [-0.15, -0.1) is 0 Å². The lowest BCUT2D eigenvalue weighted by Gasteiger charge is -1.90. The molecular formula is C7H5O2. The Bertz CT molecular complexity index is 218. The Morgan fingerprint density at radius 3 is 2.44 bits per heavy atom. The van der Waals surface area contributed by atoms with Crippen LogP contribution in [0.5, 0.6) is 5.75 Å². The molecule has 2 heteroatoms. The zero-order valence-corrected chi connectivity index (χ0v) is 4.66. The van der Waals surface area contributed by atoms with Crippen LogP contribution in [-0.4, -0.2) is 11.4 Å².